The standard InChI is InChI=1S/C15H31N3O/c1-5-19-13-11-15(16,14(13,2)3)12-18-8-6-7-17(4)9-10-18/h13H,5-12,16H2,1-4H3. The van der Waals surface area contributed by atoms with Gasteiger partial charge in [-0.1, -0.05) is 13.8 Å². The SMILES string of the molecule is CCOC1CC(N)(CN2CCCN(C)CC2)C1(C)C. The van der Waals surface area contributed by atoms with Gasteiger partial charge in [-0.05, 0) is 39.9 Å². The fourth-order valence-electron chi connectivity index (χ4n) is 3.43. The third-order valence-corrected chi connectivity index (χ3v) is 5.32. The van der Waals surface area contributed by atoms with Crippen LogP contribution in [0.4, 0.5) is 0 Å². The Bertz CT molecular complexity index is 308. The van der Waals surface area contributed by atoms with Crippen LogP contribution in [0.3, 0.4) is 0 Å². The summed E-state index contributed by atoms with van der Waals surface area (Å²) >= 11 is 0. The van der Waals surface area contributed by atoms with Crippen molar-refractivity contribution in [3.05, 3.63) is 0 Å². The van der Waals surface area contributed by atoms with E-state index in [1.165, 1.54) is 19.5 Å². The minimum absolute atomic E-state index is 0.0845. The second-order valence-electron chi connectivity index (χ2n) is 6.96. The highest BCUT2D eigenvalue weighted by Crippen LogP contribution is 2.50. The van der Waals surface area contributed by atoms with E-state index in [9.17, 15) is 0 Å². The largest absolute Gasteiger partial charge is 0.378 e. The Kier molecular flexibility index (Phi) is 4.56. The molecule has 19 heavy (non-hydrogen) atoms. The van der Waals surface area contributed by atoms with Crippen molar-refractivity contribution in [2.24, 2.45) is 11.1 Å². The third-order valence-electron chi connectivity index (χ3n) is 5.32. The van der Waals surface area contributed by atoms with E-state index >= 15 is 0 Å². The normalized spacial score (nSPS) is 36.8. The van der Waals surface area contributed by atoms with Gasteiger partial charge < -0.3 is 20.3 Å². The first kappa shape index (κ1) is 15.2. The van der Waals surface area contributed by atoms with Crippen LogP contribution in [0.25, 0.3) is 0 Å². The molecule has 0 amide bonds. The molecular formula is C15H31N3O. The molecule has 1 aliphatic heterocycles. The molecule has 2 unspecified atom stereocenters. The van der Waals surface area contributed by atoms with Crippen LogP contribution >= 0.6 is 0 Å². The van der Waals surface area contributed by atoms with Gasteiger partial charge in [0.25, 0.3) is 0 Å². The van der Waals surface area contributed by atoms with E-state index in [-0.39, 0.29) is 11.0 Å². The van der Waals surface area contributed by atoms with Crippen molar-refractivity contribution in [1.82, 2.24) is 9.80 Å². The van der Waals surface area contributed by atoms with Crippen molar-refractivity contribution < 1.29 is 4.74 Å². The Labute approximate surface area is 118 Å². The first-order valence-electron chi connectivity index (χ1n) is 7.70. The molecule has 0 aromatic heterocycles. The lowest BCUT2D eigenvalue weighted by Gasteiger charge is -2.60. The number of ether oxygens (including phenoxy) is 1. The summed E-state index contributed by atoms with van der Waals surface area (Å²) in [5.74, 6) is 0. The minimum Gasteiger partial charge on any atom is -0.378 e. The molecule has 1 heterocycles. The third kappa shape index (κ3) is 2.97. The highest BCUT2D eigenvalue weighted by Gasteiger charge is 2.58. The fourth-order valence-corrected chi connectivity index (χ4v) is 3.43. The highest BCUT2D eigenvalue weighted by molar-refractivity contribution is 5.14. The van der Waals surface area contributed by atoms with E-state index in [2.05, 4.69) is 37.6 Å². The van der Waals surface area contributed by atoms with E-state index in [4.69, 9.17) is 10.5 Å². The molecule has 2 aliphatic rings. The van der Waals surface area contributed by atoms with Gasteiger partial charge in [-0.25, -0.2) is 0 Å². The zero-order chi connectivity index (χ0) is 14.1. The van der Waals surface area contributed by atoms with E-state index in [1.807, 2.05) is 0 Å². The number of nitrogens with two attached hydrogens (primary N) is 1. The lowest BCUT2D eigenvalue weighted by atomic mass is 9.54. The average Bonchev–Trinajstić information content (AvgIpc) is 2.54. The van der Waals surface area contributed by atoms with E-state index in [0.29, 0.717) is 6.10 Å². The molecule has 2 atom stereocenters. The quantitative estimate of drug-likeness (QED) is 0.831. The number of rotatable bonds is 4. The summed E-state index contributed by atoms with van der Waals surface area (Å²) in [6, 6.07) is 0. The molecule has 4 heteroatoms. The number of likely N-dealkylation sites (N-methyl/N-ethyl adjacent to an activating group) is 1. The summed E-state index contributed by atoms with van der Waals surface area (Å²) in [5.41, 5.74) is 6.68. The zero-order valence-electron chi connectivity index (χ0n) is 13.1. The predicted octanol–water partition coefficient (Wildman–Crippen LogP) is 1.16. The summed E-state index contributed by atoms with van der Waals surface area (Å²) in [5, 5.41) is 0. The zero-order valence-corrected chi connectivity index (χ0v) is 13.1. The first-order chi connectivity index (χ1) is 8.89. The number of hydrogen-bond donors (Lipinski definition) is 1. The molecule has 2 N–H and O–H groups in total. The Morgan fingerprint density at radius 2 is 1.95 bits per heavy atom. The van der Waals surface area contributed by atoms with Gasteiger partial charge in [0.05, 0.1) is 6.10 Å². The van der Waals surface area contributed by atoms with Gasteiger partial charge in [0.2, 0.25) is 0 Å². The molecule has 1 saturated heterocycles. The van der Waals surface area contributed by atoms with Gasteiger partial charge in [0.1, 0.15) is 0 Å². The molecule has 2 fully saturated rings. The Morgan fingerprint density at radius 1 is 1.21 bits per heavy atom. The van der Waals surface area contributed by atoms with Crippen LogP contribution in [0, 0.1) is 5.41 Å². The second-order valence-corrected chi connectivity index (χ2v) is 6.96. The molecule has 0 radical (unpaired) electrons. The van der Waals surface area contributed by atoms with Crippen molar-refractivity contribution in [2.75, 3.05) is 46.4 Å². The minimum atomic E-state index is -0.0876. The topological polar surface area (TPSA) is 41.7 Å². The van der Waals surface area contributed by atoms with E-state index < -0.39 is 0 Å². The van der Waals surface area contributed by atoms with E-state index in [1.54, 1.807) is 0 Å². The van der Waals surface area contributed by atoms with Crippen molar-refractivity contribution in [3.8, 4) is 0 Å². The smallest absolute Gasteiger partial charge is 0.0662 e. The van der Waals surface area contributed by atoms with Crippen LogP contribution in [0.2, 0.25) is 0 Å². The van der Waals surface area contributed by atoms with Crippen LogP contribution < -0.4 is 5.73 Å². The molecule has 0 aromatic rings. The van der Waals surface area contributed by atoms with Gasteiger partial charge in [-0.3, -0.25) is 0 Å². The van der Waals surface area contributed by atoms with Crippen LogP contribution in [0.5, 0.6) is 0 Å². The van der Waals surface area contributed by atoms with Crippen LogP contribution in [-0.2, 0) is 4.74 Å². The predicted molar refractivity (Wildman–Crippen MR) is 79.3 cm³/mol. The molecule has 112 valence electrons. The summed E-state index contributed by atoms with van der Waals surface area (Å²) < 4.78 is 5.81. The monoisotopic (exact) mass is 269 g/mol. The molecule has 0 aromatic carbocycles. The molecule has 4 nitrogen and oxygen atoms in total. The number of nitrogens with zero attached hydrogens (tertiary/aromatic N) is 2. The van der Waals surface area contributed by atoms with Crippen LogP contribution in [0.1, 0.15) is 33.6 Å². The summed E-state index contributed by atoms with van der Waals surface area (Å²) in [7, 11) is 2.21. The van der Waals surface area contributed by atoms with Crippen molar-refractivity contribution in [3.63, 3.8) is 0 Å². The maximum Gasteiger partial charge on any atom is 0.0662 e. The Hall–Kier alpha value is -0.160. The van der Waals surface area contributed by atoms with Crippen LogP contribution in [0.15, 0.2) is 0 Å². The van der Waals surface area contributed by atoms with Crippen LogP contribution in [-0.4, -0.2) is 67.8 Å². The van der Waals surface area contributed by atoms with Gasteiger partial charge in [-0.2, -0.15) is 0 Å². The summed E-state index contributed by atoms with van der Waals surface area (Å²) in [4.78, 5) is 4.96. The maximum absolute atomic E-state index is 6.68. The van der Waals surface area contributed by atoms with Crippen molar-refractivity contribution in [1.29, 1.82) is 0 Å². The van der Waals surface area contributed by atoms with E-state index in [0.717, 1.165) is 32.7 Å². The first-order valence-corrected chi connectivity index (χ1v) is 7.70. The Balaban J connectivity index is 1.91. The highest BCUT2D eigenvalue weighted by atomic mass is 16.5. The molecule has 1 aliphatic carbocycles. The molecule has 0 bridgehead atoms. The van der Waals surface area contributed by atoms with Crippen molar-refractivity contribution in [2.45, 2.75) is 45.3 Å². The van der Waals surface area contributed by atoms with Gasteiger partial charge in [0, 0.05) is 37.2 Å². The molecular weight excluding hydrogens is 238 g/mol. The summed E-state index contributed by atoms with van der Waals surface area (Å²) in [6.45, 7) is 13.1. The molecule has 1 saturated carbocycles. The van der Waals surface area contributed by atoms with Gasteiger partial charge >= 0.3 is 0 Å². The fraction of sp³-hybridized carbons (Fsp3) is 1.00. The number of hydrogen-bond acceptors (Lipinski definition) is 4. The molecule has 0 spiro atoms. The van der Waals surface area contributed by atoms with Gasteiger partial charge in [0.15, 0.2) is 0 Å². The molecule has 2 rings (SSSR count). The lowest BCUT2D eigenvalue weighted by molar-refractivity contribution is -0.156. The Morgan fingerprint density at radius 3 is 2.58 bits per heavy atom. The second kappa shape index (κ2) is 5.68. The maximum atomic E-state index is 6.68. The summed E-state index contributed by atoms with van der Waals surface area (Å²) in [6.07, 6.45) is 2.58. The van der Waals surface area contributed by atoms with Gasteiger partial charge in [-0.15, -0.1) is 0 Å². The van der Waals surface area contributed by atoms with Crippen molar-refractivity contribution >= 4 is 0 Å². The average molecular weight is 269 g/mol. The lowest BCUT2D eigenvalue weighted by Crippen LogP contribution is -2.73.